The van der Waals surface area contributed by atoms with Gasteiger partial charge in [-0.3, -0.25) is 0 Å². The van der Waals surface area contributed by atoms with Gasteiger partial charge < -0.3 is 9.64 Å². The summed E-state index contributed by atoms with van der Waals surface area (Å²) in [5.41, 5.74) is 2.08. The van der Waals surface area contributed by atoms with Crippen LogP contribution in [0.5, 0.6) is 5.75 Å². The second-order valence-corrected chi connectivity index (χ2v) is 5.59. The summed E-state index contributed by atoms with van der Waals surface area (Å²) in [5.74, 6) is -0.280. The minimum atomic E-state index is -0.358. The zero-order valence-electron chi connectivity index (χ0n) is 13.5. The van der Waals surface area contributed by atoms with Gasteiger partial charge in [0.05, 0.1) is 18.6 Å². The summed E-state index contributed by atoms with van der Waals surface area (Å²) in [4.78, 5) is 2.01. The quantitative estimate of drug-likeness (QED) is 0.713. The Hall–Kier alpha value is -2.54. The van der Waals surface area contributed by atoms with E-state index in [1.54, 1.807) is 18.2 Å². The molecule has 0 spiro atoms. The molecule has 0 heterocycles. The third kappa shape index (κ3) is 4.72. The predicted octanol–water partition coefficient (Wildman–Crippen LogP) is 4.36. The van der Waals surface area contributed by atoms with E-state index in [1.165, 1.54) is 6.07 Å². The van der Waals surface area contributed by atoms with E-state index in [9.17, 15) is 9.65 Å². The molecule has 23 heavy (non-hydrogen) atoms. The normalized spacial score (nSPS) is 11.6. The summed E-state index contributed by atoms with van der Waals surface area (Å²) in [5, 5.41) is 9.41. The molecule has 0 N–H and O–H groups in total. The van der Waals surface area contributed by atoms with Crippen LogP contribution in [0.15, 0.2) is 48.5 Å². The van der Waals surface area contributed by atoms with Crippen LogP contribution in [-0.4, -0.2) is 20.7 Å². The lowest BCUT2D eigenvalue weighted by molar-refractivity contribution is 0.290. The van der Waals surface area contributed by atoms with Crippen molar-refractivity contribution in [2.75, 3.05) is 25.6 Å². The lowest BCUT2D eigenvalue weighted by Gasteiger charge is -2.16. The fourth-order valence-electron chi connectivity index (χ4n) is 2.36. The Balaban J connectivity index is 1.89. The summed E-state index contributed by atoms with van der Waals surface area (Å²) in [6.45, 7) is 0.395. The average Bonchev–Trinajstić information content (AvgIpc) is 2.56. The second kappa shape index (κ2) is 8.19. The number of ether oxygens (including phenoxy) is 1. The maximum atomic E-state index is 13.4. The van der Waals surface area contributed by atoms with Crippen molar-refractivity contribution in [3.8, 4) is 11.8 Å². The molecular formula is C19H21FN2O. The molecule has 0 saturated heterocycles. The van der Waals surface area contributed by atoms with Crippen molar-refractivity contribution in [3.63, 3.8) is 0 Å². The second-order valence-electron chi connectivity index (χ2n) is 5.59. The molecule has 2 rings (SSSR count). The van der Waals surface area contributed by atoms with Crippen molar-refractivity contribution in [2.24, 2.45) is 0 Å². The maximum Gasteiger partial charge on any atom is 0.165 e. The van der Waals surface area contributed by atoms with Crippen molar-refractivity contribution in [1.29, 1.82) is 5.26 Å². The first-order valence-corrected chi connectivity index (χ1v) is 7.66. The first kappa shape index (κ1) is 16.8. The first-order valence-electron chi connectivity index (χ1n) is 7.66. The molecule has 4 heteroatoms. The van der Waals surface area contributed by atoms with Gasteiger partial charge in [0.25, 0.3) is 0 Å². The smallest absolute Gasteiger partial charge is 0.165 e. The van der Waals surface area contributed by atoms with Crippen molar-refractivity contribution >= 4 is 5.69 Å². The minimum absolute atomic E-state index is 0.181. The van der Waals surface area contributed by atoms with Gasteiger partial charge in [-0.15, -0.1) is 0 Å². The lowest BCUT2D eigenvalue weighted by Crippen LogP contribution is -2.09. The number of hydrogen-bond acceptors (Lipinski definition) is 3. The van der Waals surface area contributed by atoms with E-state index in [0.29, 0.717) is 19.4 Å². The number of nitriles is 1. The van der Waals surface area contributed by atoms with Crippen LogP contribution < -0.4 is 9.64 Å². The topological polar surface area (TPSA) is 36.3 Å². The number of benzene rings is 2. The molecule has 0 aliphatic rings. The Morgan fingerprint density at radius 3 is 2.65 bits per heavy atom. The van der Waals surface area contributed by atoms with Crippen LogP contribution in [0.4, 0.5) is 10.1 Å². The van der Waals surface area contributed by atoms with Crippen molar-refractivity contribution in [3.05, 3.63) is 59.9 Å². The maximum absolute atomic E-state index is 13.4. The molecule has 120 valence electrons. The summed E-state index contributed by atoms with van der Waals surface area (Å²) >= 11 is 0. The molecule has 0 aliphatic heterocycles. The van der Waals surface area contributed by atoms with Crippen LogP contribution in [0, 0.1) is 17.1 Å². The zero-order valence-corrected chi connectivity index (χ0v) is 13.5. The lowest BCUT2D eigenvalue weighted by atomic mass is 9.95. The molecule has 0 radical (unpaired) electrons. The highest BCUT2D eigenvalue weighted by atomic mass is 19.1. The van der Waals surface area contributed by atoms with Gasteiger partial charge >= 0.3 is 0 Å². The van der Waals surface area contributed by atoms with E-state index in [-0.39, 0.29) is 17.5 Å². The van der Waals surface area contributed by atoms with Crippen LogP contribution in [0.25, 0.3) is 0 Å². The summed E-state index contributed by atoms with van der Waals surface area (Å²) in [6, 6.07) is 16.7. The highest BCUT2D eigenvalue weighted by Gasteiger charge is 2.12. The van der Waals surface area contributed by atoms with E-state index in [0.717, 1.165) is 11.3 Å². The van der Waals surface area contributed by atoms with Crippen LogP contribution in [0.2, 0.25) is 0 Å². The number of para-hydroxylation sites is 1. The molecule has 3 nitrogen and oxygen atoms in total. The SMILES string of the molecule is CN(C)c1cccc(C(C#N)CCCOc2ccccc2F)c1. The van der Waals surface area contributed by atoms with Crippen molar-refractivity contribution in [2.45, 2.75) is 18.8 Å². The van der Waals surface area contributed by atoms with Gasteiger partial charge in [0.1, 0.15) is 0 Å². The van der Waals surface area contributed by atoms with Crippen molar-refractivity contribution in [1.82, 2.24) is 0 Å². The van der Waals surface area contributed by atoms with E-state index < -0.39 is 0 Å². The Labute approximate surface area is 136 Å². The molecule has 0 aromatic heterocycles. The van der Waals surface area contributed by atoms with E-state index >= 15 is 0 Å². The molecule has 1 atom stereocenters. The molecule has 0 bridgehead atoms. The van der Waals surface area contributed by atoms with E-state index in [2.05, 4.69) is 6.07 Å². The molecule has 0 saturated carbocycles. The Kier molecular flexibility index (Phi) is 5.99. The number of halogens is 1. The fourth-order valence-corrected chi connectivity index (χ4v) is 2.36. The van der Waals surface area contributed by atoms with Gasteiger partial charge in [-0.2, -0.15) is 5.26 Å². The molecule has 0 aliphatic carbocycles. The summed E-state index contributed by atoms with van der Waals surface area (Å²) in [7, 11) is 3.95. The van der Waals surface area contributed by atoms with Gasteiger partial charge in [-0.25, -0.2) is 4.39 Å². The van der Waals surface area contributed by atoms with E-state index in [1.807, 2.05) is 43.3 Å². The molecular weight excluding hydrogens is 291 g/mol. The molecule has 1 unspecified atom stereocenters. The number of rotatable bonds is 7. The number of nitrogens with zero attached hydrogens (tertiary/aromatic N) is 2. The monoisotopic (exact) mass is 312 g/mol. The van der Waals surface area contributed by atoms with Crippen LogP contribution in [0.3, 0.4) is 0 Å². The van der Waals surface area contributed by atoms with Gasteiger partial charge in [0.2, 0.25) is 0 Å². The third-order valence-corrected chi connectivity index (χ3v) is 3.68. The first-order chi connectivity index (χ1) is 11.1. The summed E-state index contributed by atoms with van der Waals surface area (Å²) in [6.07, 6.45) is 1.38. The van der Waals surface area contributed by atoms with Crippen LogP contribution in [0.1, 0.15) is 24.3 Å². The highest BCUT2D eigenvalue weighted by molar-refractivity contribution is 5.48. The number of hydrogen-bond donors (Lipinski definition) is 0. The fraction of sp³-hybridized carbons (Fsp3) is 0.316. The van der Waals surface area contributed by atoms with Crippen LogP contribution in [-0.2, 0) is 0 Å². The van der Waals surface area contributed by atoms with Gasteiger partial charge in [0, 0.05) is 19.8 Å². The Bertz CT molecular complexity index is 679. The molecule has 2 aromatic carbocycles. The van der Waals surface area contributed by atoms with Crippen LogP contribution >= 0.6 is 0 Å². The highest BCUT2D eigenvalue weighted by Crippen LogP contribution is 2.24. The largest absolute Gasteiger partial charge is 0.491 e. The van der Waals surface area contributed by atoms with Gasteiger partial charge in [-0.05, 0) is 42.7 Å². The zero-order chi connectivity index (χ0) is 16.7. The molecule has 0 amide bonds. The Morgan fingerprint density at radius 2 is 1.96 bits per heavy atom. The van der Waals surface area contributed by atoms with Gasteiger partial charge in [0.15, 0.2) is 11.6 Å². The molecule has 2 aromatic rings. The Morgan fingerprint density at radius 1 is 1.17 bits per heavy atom. The van der Waals surface area contributed by atoms with Gasteiger partial charge in [-0.1, -0.05) is 24.3 Å². The average molecular weight is 312 g/mol. The molecule has 0 fully saturated rings. The minimum Gasteiger partial charge on any atom is -0.491 e. The summed E-state index contributed by atoms with van der Waals surface area (Å²) < 4.78 is 18.9. The number of anilines is 1. The van der Waals surface area contributed by atoms with Crippen molar-refractivity contribution < 1.29 is 9.13 Å². The third-order valence-electron chi connectivity index (χ3n) is 3.68. The predicted molar refractivity (Wildman–Crippen MR) is 90.3 cm³/mol. The van der Waals surface area contributed by atoms with E-state index in [4.69, 9.17) is 4.74 Å². The standard InChI is InChI=1S/C19H21FN2O/c1-22(2)17-9-5-7-15(13-17)16(14-21)8-6-12-23-19-11-4-3-10-18(19)20/h3-5,7,9-11,13,16H,6,8,12H2,1-2H3.